The van der Waals surface area contributed by atoms with Gasteiger partial charge in [-0.05, 0) is 5.92 Å². The molecule has 5 nitrogen and oxygen atoms in total. The van der Waals surface area contributed by atoms with Crippen molar-refractivity contribution in [3.8, 4) is 0 Å². The van der Waals surface area contributed by atoms with E-state index in [0.29, 0.717) is 0 Å². The zero-order valence-corrected chi connectivity index (χ0v) is 10.3. The van der Waals surface area contributed by atoms with E-state index in [0.717, 1.165) is 50.3 Å². The van der Waals surface area contributed by atoms with Gasteiger partial charge >= 0.3 is 0 Å². The van der Waals surface area contributed by atoms with Crippen LogP contribution >= 0.6 is 0 Å². The minimum absolute atomic E-state index is 0.832. The van der Waals surface area contributed by atoms with Crippen LogP contribution < -0.4 is 10.2 Å². The van der Waals surface area contributed by atoms with Crippen molar-refractivity contribution in [3.63, 3.8) is 0 Å². The molecule has 0 amide bonds. The van der Waals surface area contributed by atoms with E-state index in [2.05, 4.69) is 25.4 Å². The van der Waals surface area contributed by atoms with Crippen LogP contribution in [0.1, 0.15) is 31.5 Å². The highest BCUT2D eigenvalue weighted by Crippen LogP contribution is 2.27. The first kappa shape index (κ1) is 11.0. The van der Waals surface area contributed by atoms with Gasteiger partial charge in [-0.25, -0.2) is 0 Å². The van der Waals surface area contributed by atoms with Crippen molar-refractivity contribution in [1.29, 1.82) is 0 Å². The number of hydrogen-bond donors (Lipinski definition) is 2. The zero-order valence-electron chi connectivity index (χ0n) is 10.3. The summed E-state index contributed by atoms with van der Waals surface area (Å²) in [5, 5.41) is 10.8. The number of H-pyrrole nitrogens is 1. The number of rotatable bonds is 3. The second-order valence-electron chi connectivity index (χ2n) is 5.17. The number of nitrogens with one attached hydrogen (secondary N) is 2. The Morgan fingerprint density at radius 1 is 1.18 bits per heavy atom. The molecule has 0 atom stereocenters. The van der Waals surface area contributed by atoms with Gasteiger partial charge in [-0.3, -0.25) is 5.10 Å². The highest BCUT2D eigenvalue weighted by molar-refractivity contribution is 5.29. The van der Waals surface area contributed by atoms with E-state index in [1.807, 2.05) is 0 Å². The van der Waals surface area contributed by atoms with Gasteiger partial charge in [0.05, 0.1) is 0 Å². The van der Waals surface area contributed by atoms with Crippen LogP contribution in [0.2, 0.25) is 0 Å². The molecule has 0 spiro atoms. The minimum atomic E-state index is 0.832. The first-order valence-corrected chi connectivity index (χ1v) is 6.79. The topological polar surface area (TPSA) is 56.8 Å². The molecule has 2 N–H and O–H groups in total. The lowest BCUT2D eigenvalue weighted by atomic mass is 10.0. The molecule has 0 radical (unpaired) electrons. The molecule has 5 heteroatoms. The molecule has 1 aromatic heterocycles. The zero-order chi connectivity index (χ0) is 11.5. The lowest BCUT2D eigenvalue weighted by Gasteiger charge is -2.25. The molecule has 17 heavy (non-hydrogen) atoms. The fourth-order valence-corrected chi connectivity index (χ4v) is 2.87. The third-order valence-electron chi connectivity index (χ3n) is 3.88. The number of aromatic nitrogens is 3. The molecule has 2 aliphatic rings. The van der Waals surface area contributed by atoms with Gasteiger partial charge in [-0.2, -0.15) is 4.98 Å². The van der Waals surface area contributed by atoms with Crippen LogP contribution in [0.3, 0.4) is 0 Å². The van der Waals surface area contributed by atoms with E-state index in [4.69, 9.17) is 0 Å². The van der Waals surface area contributed by atoms with Crippen LogP contribution in [-0.2, 0) is 6.42 Å². The molecule has 0 aromatic carbocycles. The lowest BCUT2D eigenvalue weighted by molar-refractivity contribution is 0.531. The summed E-state index contributed by atoms with van der Waals surface area (Å²) in [6.07, 6.45) is 6.60. The van der Waals surface area contributed by atoms with E-state index in [-0.39, 0.29) is 0 Å². The normalized spacial score (nSPS) is 22.2. The first-order chi connectivity index (χ1) is 8.42. The Bertz CT molecular complexity index is 350. The lowest BCUT2D eigenvalue weighted by Crippen LogP contribution is -2.44. The smallest absolute Gasteiger partial charge is 0.244 e. The molecule has 1 saturated heterocycles. The van der Waals surface area contributed by atoms with Crippen molar-refractivity contribution < 1.29 is 0 Å². The summed E-state index contributed by atoms with van der Waals surface area (Å²) >= 11 is 0. The average molecular weight is 235 g/mol. The number of piperazine rings is 1. The van der Waals surface area contributed by atoms with Crippen molar-refractivity contribution in [2.24, 2.45) is 5.92 Å². The molecule has 2 fully saturated rings. The van der Waals surface area contributed by atoms with Crippen LogP contribution in [0.15, 0.2) is 0 Å². The molecule has 94 valence electrons. The summed E-state index contributed by atoms with van der Waals surface area (Å²) in [7, 11) is 0. The molecular formula is C12H21N5. The Morgan fingerprint density at radius 2 is 1.94 bits per heavy atom. The maximum absolute atomic E-state index is 4.63. The third kappa shape index (κ3) is 2.60. The quantitative estimate of drug-likeness (QED) is 0.819. The van der Waals surface area contributed by atoms with Gasteiger partial charge < -0.3 is 10.2 Å². The maximum atomic E-state index is 4.63. The van der Waals surface area contributed by atoms with E-state index < -0.39 is 0 Å². The summed E-state index contributed by atoms with van der Waals surface area (Å²) in [6, 6.07) is 0. The molecule has 0 bridgehead atoms. The standard InChI is InChI=1S/C12H21N5/c1-2-4-10(3-1)9-11-14-12(16-15-11)17-7-5-13-6-8-17/h10,13H,1-9H2,(H,14,15,16). The van der Waals surface area contributed by atoms with Gasteiger partial charge in [0.1, 0.15) is 5.82 Å². The summed E-state index contributed by atoms with van der Waals surface area (Å²) < 4.78 is 0. The number of aromatic amines is 1. The molecule has 2 heterocycles. The Morgan fingerprint density at radius 3 is 2.71 bits per heavy atom. The van der Waals surface area contributed by atoms with Gasteiger partial charge in [0.2, 0.25) is 5.95 Å². The summed E-state index contributed by atoms with van der Waals surface area (Å²) in [6.45, 7) is 4.10. The van der Waals surface area contributed by atoms with Crippen LogP contribution in [0, 0.1) is 5.92 Å². The van der Waals surface area contributed by atoms with E-state index in [1.54, 1.807) is 0 Å². The summed E-state index contributed by atoms with van der Waals surface area (Å²) in [5.74, 6) is 2.80. The molecule has 3 rings (SSSR count). The maximum Gasteiger partial charge on any atom is 0.244 e. The van der Waals surface area contributed by atoms with Gasteiger partial charge in [-0.1, -0.05) is 25.7 Å². The Balaban J connectivity index is 1.60. The molecular weight excluding hydrogens is 214 g/mol. The number of anilines is 1. The Labute approximate surface area is 102 Å². The van der Waals surface area contributed by atoms with E-state index in [1.165, 1.54) is 25.7 Å². The van der Waals surface area contributed by atoms with Crippen LogP contribution in [0.25, 0.3) is 0 Å². The van der Waals surface area contributed by atoms with Crippen molar-refractivity contribution in [1.82, 2.24) is 20.5 Å². The summed E-state index contributed by atoms with van der Waals surface area (Å²) in [4.78, 5) is 6.88. The predicted molar refractivity (Wildman–Crippen MR) is 67.1 cm³/mol. The summed E-state index contributed by atoms with van der Waals surface area (Å²) in [5.41, 5.74) is 0. The number of nitrogens with zero attached hydrogens (tertiary/aromatic N) is 3. The monoisotopic (exact) mass is 235 g/mol. The van der Waals surface area contributed by atoms with Gasteiger partial charge in [0.25, 0.3) is 0 Å². The van der Waals surface area contributed by atoms with Crippen molar-refractivity contribution in [2.75, 3.05) is 31.1 Å². The van der Waals surface area contributed by atoms with E-state index >= 15 is 0 Å². The highest BCUT2D eigenvalue weighted by Gasteiger charge is 2.19. The van der Waals surface area contributed by atoms with Crippen molar-refractivity contribution in [2.45, 2.75) is 32.1 Å². The van der Waals surface area contributed by atoms with Gasteiger partial charge in [0, 0.05) is 32.6 Å². The fraction of sp³-hybridized carbons (Fsp3) is 0.833. The van der Waals surface area contributed by atoms with Gasteiger partial charge in [0.15, 0.2) is 0 Å². The van der Waals surface area contributed by atoms with Crippen LogP contribution in [0.5, 0.6) is 0 Å². The molecule has 0 unspecified atom stereocenters. The second-order valence-corrected chi connectivity index (χ2v) is 5.17. The third-order valence-corrected chi connectivity index (χ3v) is 3.88. The first-order valence-electron chi connectivity index (χ1n) is 6.79. The van der Waals surface area contributed by atoms with Crippen molar-refractivity contribution in [3.05, 3.63) is 5.82 Å². The Hall–Kier alpha value is -1.10. The molecule has 1 aliphatic heterocycles. The minimum Gasteiger partial charge on any atom is -0.337 e. The van der Waals surface area contributed by atoms with Crippen LogP contribution in [-0.4, -0.2) is 41.4 Å². The van der Waals surface area contributed by atoms with E-state index in [9.17, 15) is 0 Å². The Kier molecular flexibility index (Phi) is 3.27. The van der Waals surface area contributed by atoms with Crippen molar-refractivity contribution >= 4 is 5.95 Å². The molecule has 1 saturated carbocycles. The van der Waals surface area contributed by atoms with Crippen LogP contribution in [0.4, 0.5) is 5.95 Å². The average Bonchev–Trinajstić information content (AvgIpc) is 3.02. The highest BCUT2D eigenvalue weighted by atomic mass is 15.4. The largest absolute Gasteiger partial charge is 0.337 e. The van der Waals surface area contributed by atoms with Gasteiger partial charge in [-0.15, -0.1) is 5.10 Å². The fourth-order valence-electron chi connectivity index (χ4n) is 2.87. The molecule has 1 aromatic rings. The SMILES string of the molecule is C1CCC(Cc2nc(N3CCNCC3)n[nH]2)C1. The molecule has 1 aliphatic carbocycles. The number of hydrogen-bond acceptors (Lipinski definition) is 4. The second kappa shape index (κ2) is 5.04. The predicted octanol–water partition coefficient (Wildman–Crippen LogP) is 0.947.